The summed E-state index contributed by atoms with van der Waals surface area (Å²) in [7, 11) is 3.23. The number of primary amides is 1. The molecule has 0 aromatic heterocycles. The molecule has 3 aliphatic rings. The Morgan fingerprint density at radius 3 is 2.28 bits per heavy atom. The summed E-state index contributed by atoms with van der Waals surface area (Å²) in [4.78, 5) is 78.0. The smallest absolute Gasteiger partial charge is 0.235 e. The lowest BCUT2D eigenvalue weighted by Gasteiger charge is -2.53. The largest absolute Gasteiger partial charge is 0.505 e. The van der Waals surface area contributed by atoms with Gasteiger partial charge in [0.1, 0.15) is 5.75 Å². The number of nitrogens with one attached hydrogen (secondary N) is 1. The summed E-state index contributed by atoms with van der Waals surface area (Å²) in [5, 5.41) is 36.4. The molecule has 6 atom stereocenters. The van der Waals surface area contributed by atoms with Gasteiger partial charge in [0.2, 0.25) is 11.8 Å². The molecule has 12 heteroatoms. The predicted molar refractivity (Wildman–Crippen MR) is 123 cm³/mol. The summed E-state index contributed by atoms with van der Waals surface area (Å²) in [6, 6.07) is 1.38. The zero-order valence-electron chi connectivity index (χ0n) is 20.1. The van der Waals surface area contributed by atoms with Crippen molar-refractivity contribution in [3.63, 3.8) is 0 Å². The number of rotatable bonds is 3. The average Bonchev–Trinajstić information content (AvgIpc) is 2.74. The molecular weight excluding hydrogens is 474 g/mol. The van der Waals surface area contributed by atoms with Crippen LogP contribution in [0, 0.1) is 23.7 Å². The fourth-order valence-electron chi connectivity index (χ4n) is 6.05. The van der Waals surface area contributed by atoms with E-state index in [9.17, 15) is 44.1 Å². The van der Waals surface area contributed by atoms with E-state index in [2.05, 4.69) is 5.32 Å². The molecule has 0 bridgehead atoms. The monoisotopic (exact) mass is 501 g/mol. The van der Waals surface area contributed by atoms with Gasteiger partial charge in [-0.05, 0) is 19.4 Å². The summed E-state index contributed by atoms with van der Waals surface area (Å²) in [5.74, 6) is -13.3. The average molecular weight is 501 g/mol. The maximum Gasteiger partial charge on any atom is 0.235 e. The van der Waals surface area contributed by atoms with E-state index in [1.807, 2.05) is 0 Å². The van der Waals surface area contributed by atoms with Crippen molar-refractivity contribution in [2.24, 2.45) is 29.4 Å². The van der Waals surface area contributed by atoms with E-state index in [0.29, 0.717) is 0 Å². The van der Waals surface area contributed by atoms with Gasteiger partial charge < -0.3 is 31.3 Å². The quantitative estimate of drug-likeness (QED) is 0.253. The van der Waals surface area contributed by atoms with E-state index in [-0.39, 0.29) is 23.4 Å². The lowest BCUT2D eigenvalue weighted by atomic mass is 9.50. The zero-order chi connectivity index (χ0) is 27.1. The summed E-state index contributed by atoms with van der Waals surface area (Å²) in [6.07, 6.45) is -0.787. The van der Waals surface area contributed by atoms with Gasteiger partial charge in [-0.2, -0.15) is 0 Å². The lowest BCUT2D eigenvalue weighted by molar-refractivity contribution is -0.182. The van der Waals surface area contributed by atoms with Crippen molar-refractivity contribution in [3.05, 3.63) is 17.2 Å². The number of benzene rings is 1. The Morgan fingerprint density at radius 2 is 1.75 bits per heavy atom. The van der Waals surface area contributed by atoms with Crippen molar-refractivity contribution in [3.8, 4) is 5.75 Å². The second-order valence-electron chi connectivity index (χ2n) is 10.1. The molecule has 6 N–H and O–H groups in total. The molecule has 4 rings (SSSR count). The first-order chi connectivity index (χ1) is 16.6. The number of ketones is 4. The van der Waals surface area contributed by atoms with Crippen LogP contribution in [0.1, 0.15) is 42.6 Å². The van der Waals surface area contributed by atoms with E-state index in [1.165, 1.54) is 19.9 Å². The Balaban J connectivity index is 1.96. The van der Waals surface area contributed by atoms with Gasteiger partial charge in [0, 0.05) is 50.5 Å². The number of nitrogens with zero attached hydrogens (tertiary/aromatic N) is 1. The molecule has 1 aromatic carbocycles. The van der Waals surface area contributed by atoms with Gasteiger partial charge in [0.05, 0.1) is 22.8 Å². The third kappa shape index (κ3) is 3.21. The van der Waals surface area contributed by atoms with Gasteiger partial charge >= 0.3 is 0 Å². The Labute approximate surface area is 205 Å². The molecule has 1 aromatic rings. The Bertz CT molecular complexity index is 1270. The number of carbonyl (C=O) groups is 6. The molecular formula is C24H27N3O9. The maximum absolute atomic E-state index is 13.8. The van der Waals surface area contributed by atoms with Crippen molar-refractivity contribution >= 4 is 46.3 Å². The highest BCUT2D eigenvalue weighted by molar-refractivity contribution is 6.31. The van der Waals surface area contributed by atoms with Gasteiger partial charge in [-0.15, -0.1) is 0 Å². The molecule has 0 aliphatic heterocycles. The third-order valence-electron chi connectivity index (χ3n) is 7.71. The van der Waals surface area contributed by atoms with Crippen LogP contribution >= 0.6 is 0 Å². The van der Waals surface area contributed by atoms with Gasteiger partial charge in [-0.1, -0.05) is 0 Å². The summed E-state index contributed by atoms with van der Waals surface area (Å²) in [6.45, 7) is 2.53. The van der Waals surface area contributed by atoms with E-state index in [0.717, 1.165) is 0 Å². The van der Waals surface area contributed by atoms with Crippen molar-refractivity contribution in [2.45, 2.75) is 37.9 Å². The van der Waals surface area contributed by atoms with E-state index in [4.69, 9.17) is 5.73 Å². The number of fused-ring (bicyclic) bond motifs is 3. The van der Waals surface area contributed by atoms with Crippen LogP contribution in [0.4, 0.5) is 11.4 Å². The van der Waals surface area contributed by atoms with Crippen LogP contribution in [0.5, 0.6) is 5.75 Å². The molecule has 0 spiro atoms. The van der Waals surface area contributed by atoms with Gasteiger partial charge in [0.15, 0.2) is 34.7 Å². The molecule has 3 aliphatic carbocycles. The van der Waals surface area contributed by atoms with Crippen molar-refractivity contribution in [1.29, 1.82) is 0 Å². The number of aromatic hydroxyl groups is 1. The molecule has 36 heavy (non-hydrogen) atoms. The lowest BCUT2D eigenvalue weighted by Crippen LogP contribution is -2.70. The minimum atomic E-state index is -2.84. The van der Waals surface area contributed by atoms with Gasteiger partial charge in [0.25, 0.3) is 0 Å². The van der Waals surface area contributed by atoms with Crippen LogP contribution < -0.4 is 16.0 Å². The number of phenolic OH excluding ortho intramolecular Hbond substituents is 1. The first-order valence-electron chi connectivity index (χ1n) is 11.3. The van der Waals surface area contributed by atoms with Crippen LogP contribution in [0.2, 0.25) is 0 Å². The van der Waals surface area contributed by atoms with Gasteiger partial charge in [-0.25, -0.2) is 0 Å². The van der Waals surface area contributed by atoms with Crippen molar-refractivity contribution in [2.75, 3.05) is 24.3 Å². The van der Waals surface area contributed by atoms with Crippen LogP contribution in [0.25, 0.3) is 0 Å². The van der Waals surface area contributed by atoms with Crippen LogP contribution in [0.3, 0.4) is 0 Å². The van der Waals surface area contributed by atoms with Crippen LogP contribution in [0.15, 0.2) is 6.07 Å². The maximum atomic E-state index is 13.8. The predicted octanol–water partition coefficient (Wildman–Crippen LogP) is -0.984. The van der Waals surface area contributed by atoms with E-state index < -0.39 is 87.6 Å². The molecule has 2 amide bonds. The first kappa shape index (κ1) is 25.5. The Morgan fingerprint density at radius 1 is 1.14 bits per heavy atom. The number of aliphatic hydroxyl groups is 2. The number of phenols is 1. The molecule has 2 fully saturated rings. The Hall–Kier alpha value is -3.64. The van der Waals surface area contributed by atoms with E-state index in [1.54, 1.807) is 19.0 Å². The second kappa shape index (κ2) is 7.93. The number of hydrogen-bond acceptors (Lipinski definition) is 10. The molecule has 0 radical (unpaired) electrons. The highest BCUT2D eigenvalue weighted by atomic mass is 16.3. The van der Waals surface area contributed by atoms with E-state index >= 15 is 0 Å². The van der Waals surface area contributed by atoms with Crippen LogP contribution in [-0.4, -0.2) is 70.0 Å². The zero-order valence-corrected chi connectivity index (χ0v) is 20.1. The summed E-state index contributed by atoms with van der Waals surface area (Å²) >= 11 is 0. The Kier molecular flexibility index (Phi) is 5.61. The molecule has 192 valence electrons. The molecule has 2 unspecified atom stereocenters. The molecule has 12 nitrogen and oxygen atoms in total. The normalized spacial score (nSPS) is 33.4. The number of anilines is 2. The molecule has 2 saturated carbocycles. The highest BCUT2D eigenvalue weighted by Crippen LogP contribution is 2.57. The summed E-state index contributed by atoms with van der Waals surface area (Å²) in [5.41, 5.74) is 0.112. The third-order valence-corrected chi connectivity index (χ3v) is 7.71. The number of Topliss-reactive ketones (excluding diaryl/α,β-unsaturated/α-hetero) is 4. The van der Waals surface area contributed by atoms with Crippen LogP contribution in [-0.2, 0) is 29.6 Å². The minimum absolute atomic E-state index is 0.00654. The number of carbonyl (C=O) groups excluding carboxylic acids is 6. The first-order valence-corrected chi connectivity index (χ1v) is 11.3. The molecule has 0 saturated heterocycles. The minimum Gasteiger partial charge on any atom is -0.505 e. The second-order valence-corrected chi connectivity index (χ2v) is 10.1. The van der Waals surface area contributed by atoms with Gasteiger partial charge in [-0.3, -0.25) is 28.8 Å². The molecule has 0 heterocycles. The highest BCUT2D eigenvalue weighted by Gasteiger charge is 2.69. The van der Waals surface area contributed by atoms with Crippen molar-refractivity contribution < 1.29 is 44.1 Å². The van der Waals surface area contributed by atoms with Crippen molar-refractivity contribution in [1.82, 2.24) is 0 Å². The fraction of sp³-hybridized carbons (Fsp3) is 0.500. The standard InChI is InChI=1S/C24H27N3O9/c1-8(28)26-11-7-12(27(3)4)17-16(18(11)30)19(31)14-10(23(17,2)35)5-9-6-13(29)15(22(25)34)21(33)24(9,36)20(14)32/h7,9-10,14-15,30,35-36H,5-6H2,1-4H3,(H2,25,34)(H,26,28)/t9-,10-,14?,15?,23-,24-/m0/s1. The number of hydrogen-bond donors (Lipinski definition) is 5. The number of nitrogens with two attached hydrogens (primary N) is 1. The summed E-state index contributed by atoms with van der Waals surface area (Å²) < 4.78 is 0. The SMILES string of the molecule is CC(=O)Nc1cc(N(C)C)c2c(c1O)C(=O)C1C(=O)[C@]3(O)C(=O)C(C(N)=O)C(=O)C[C@@H]3C[C@@H]1[C@]2(C)O. The topological polar surface area (TPSA) is 204 Å². The fourth-order valence-corrected chi connectivity index (χ4v) is 6.05. The number of amides is 2.